The quantitative estimate of drug-likeness (QED) is 0.294. The highest BCUT2D eigenvalue weighted by Gasteiger charge is 2.34. The number of nitrogens with zero attached hydrogens (tertiary/aromatic N) is 2. The van der Waals surface area contributed by atoms with Gasteiger partial charge in [-0.15, -0.1) is 0 Å². The van der Waals surface area contributed by atoms with Crippen LogP contribution >= 0.6 is 11.6 Å². The van der Waals surface area contributed by atoms with Gasteiger partial charge in [-0.3, -0.25) is 13.9 Å². The summed E-state index contributed by atoms with van der Waals surface area (Å²) >= 11 is 6.05. The minimum absolute atomic E-state index is 0.0129. The predicted octanol–water partition coefficient (Wildman–Crippen LogP) is 5.70. The van der Waals surface area contributed by atoms with E-state index in [1.54, 1.807) is 43.3 Å². The summed E-state index contributed by atoms with van der Waals surface area (Å²) in [5, 5.41) is 3.46. The molecule has 0 aromatic heterocycles. The van der Waals surface area contributed by atoms with Gasteiger partial charge in [-0.2, -0.15) is 0 Å². The van der Waals surface area contributed by atoms with Crippen LogP contribution in [0.1, 0.15) is 44.7 Å². The van der Waals surface area contributed by atoms with Gasteiger partial charge >= 0.3 is 0 Å². The van der Waals surface area contributed by atoms with E-state index in [-0.39, 0.29) is 29.1 Å². The van der Waals surface area contributed by atoms with Crippen LogP contribution in [0.4, 0.5) is 10.1 Å². The van der Waals surface area contributed by atoms with Crippen LogP contribution in [0.3, 0.4) is 0 Å². The Morgan fingerprint density at radius 1 is 0.925 bits per heavy atom. The zero-order chi connectivity index (χ0) is 29.4. The van der Waals surface area contributed by atoms with Gasteiger partial charge < -0.3 is 10.2 Å². The van der Waals surface area contributed by atoms with Crippen molar-refractivity contribution in [3.05, 3.63) is 94.8 Å². The van der Waals surface area contributed by atoms with Crippen molar-refractivity contribution in [2.24, 2.45) is 0 Å². The van der Waals surface area contributed by atoms with Crippen molar-refractivity contribution in [3.8, 4) is 0 Å². The minimum atomic E-state index is -4.22. The molecule has 0 aliphatic rings. The third-order valence-electron chi connectivity index (χ3n) is 6.66. The van der Waals surface area contributed by atoms with Gasteiger partial charge in [0.2, 0.25) is 11.8 Å². The first kappa shape index (κ1) is 31.1. The van der Waals surface area contributed by atoms with Crippen molar-refractivity contribution in [3.63, 3.8) is 0 Å². The predicted molar refractivity (Wildman–Crippen MR) is 156 cm³/mol. The lowest BCUT2D eigenvalue weighted by Crippen LogP contribution is -2.53. The molecule has 10 heteroatoms. The number of benzene rings is 3. The van der Waals surface area contributed by atoms with E-state index in [9.17, 15) is 22.4 Å². The first-order valence-corrected chi connectivity index (χ1v) is 15.0. The lowest BCUT2D eigenvalue weighted by molar-refractivity contribution is -0.140. The first-order valence-electron chi connectivity index (χ1n) is 13.2. The van der Waals surface area contributed by atoms with E-state index in [0.717, 1.165) is 27.6 Å². The maximum atomic E-state index is 14.0. The molecule has 40 heavy (non-hydrogen) atoms. The van der Waals surface area contributed by atoms with Crippen LogP contribution < -0.4 is 9.62 Å². The maximum Gasteiger partial charge on any atom is 0.264 e. The Kier molecular flexibility index (Phi) is 10.7. The van der Waals surface area contributed by atoms with Gasteiger partial charge in [-0.1, -0.05) is 55.3 Å². The third-order valence-corrected chi connectivity index (χ3v) is 8.70. The fraction of sp³-hybridized carbons (Fsp3) is 0.333. The molecule has 0 spiro atoms. The van der Waals surface area contributed by atoms with Crippen LogP contribution in [0.5, 0.6) is 0 Å². The van der Waals surface area contributed by atoms with Gasteiger partial charge in [0.15, 0.2) is 0 Å². The van der Waals surface area contributed by atoms with Gasteiger partial charge in [0.05, 0.1) is 10.6 Å². The van der Waals surface area contributed by atoms with Crippen LogP contribution in [0.15, 0.2) is 77.7 Å². The molecule has 0 bridgehead atoms. The first-order chi connectivity index (χ1) is 19.0. The second-order valence-corrected chi connectivity index (χ2v) is 12.0. The Morgan fingerprint density at radius 3 is 2.08 bits per heavy atom. The van der Waals surface area contributed by atoms with E-state index in [2.05, 4.69) is 5.32 Å². The molecule has 214 valence electrons. The summed E-state index contributed by atoms with van der Waals surface area (Å²) < 4.78 is 42.3. The number of carbonyl (C=O) groups is 2. The molecule has 3 aromatic rings. The molecule has 3 aromatic carbocycles. The lowest BCUT2D eigenvalue weighted by Gasteiger charge is -2.33. The Morgan fingerprint density at radius 2 is 1.52 bits per heavy atom. The van der Waals surface area contributed by atoms with Gasteiger partial charge in [0.1, 0.15) is 18.4 Å². The zero-order valence-electron chi connectivity index (χ0n) is 23.1. The lowest BCUT2D eigenvalue weighted by atomic mass is 10.1. The van der Waals surface area contributed by atoms with Gasteiger partial charge in [0.25, 0.3) is 10.0 Å². The smallest absolute Gasteiger partial charge is 0.264 e. The summed E-state index contributed by atoms with van der Waals surface area (Å²) in [5.41, 5.74) is 1.72. The van der Waals surface area contributed by atoms with Crippen LogP contribution in [0.2, 0.25) is 5.02 Å². The van der Waals surface area contributed by atoms with Gasteiger partial charge in [0, 0.05) is 17.6 Å². The van der Waals surface area contributed by atoms with E-state index >= 15 is 0 Å². The molecular weight excluding hydrogens is 553 g/mol. The second-order valence-electron chi connectivity index (χ2n) is 9.69. The van der Waals surface area contributed by atoms with Crippen LogP contribution in [-0.4, -0.2) is 43.8 Å². The number of carbonyl (C=O) groups excluding carboxylic acids is 2. The number of nitrogens with one attached hydrogen (secondary N) is 1. The van der Waals surface area contributed by atoms with E-state index in [1.165, 1.54) is 29.2 Å². The summed E-state index contributed by atoms with van der Waals surface area (Å²) in [6, 6.07) is 17.1. The molecule has 3 rings (SSSR count). The molecule has 0 unspecified atom stereocenters. The highest BCUT2D eigenvalue weighted by atomic mass is 35.5. The molecule has 0 aliphatic carbocycles. The summed E-state index contributed by atoms with van der Waals surface area (Å²) in [5.74, 6) is -1.45. The second kappa shape index (κ2) is 13.8. The Bertz CT molecular complexity index is 1400. The molecule has 0 saturated carbocycles. The molecule has 0 heterocycles. The number of hydrogen-bond donors (Lipinski definition) is 1. The van der Waals surface area contributed by atoms with Crippen LogP contribution in [-0.2, 0) is 26.2 Å². The largest absolute Gasteiger partial charge is 0.352 e. The van der Waals surface area contributed by atoms with Crippen molar-refractivity contribution in [1.29, 1.82) is 0 Å². The van der Waals surface area contributed by atoms with Crippen molar-refractivity contribution in [1.82, 2.24) is 10.2 Å². The van der Waals surface area contributed by atoms with Crippen molar-refractivity contribution in [2.45, 2.75) is 64.1 Å². The molecular formula is C30H35ClFN3O4S. The summed E-state index contributed by atoms with van der Waals surface area (Å²) in [7, 11) is -4.22. The molecule has 1 N–H and O–H groups in total. The average Bonchev–Trinajstić information content (AvgIpc) is 2.93. The van der Waals surface area contributed by atoms with E-state index < -0.39 is 34.3 Å². The summed E-state index contributed by atoms with van der Waals surface area (Å²) in [4.78, 5) is 28.7. The van der Waals surface area contributed by atoms with Crippen molar-refractivity contribution >= 4 is 39.1 Å². The number of hydrogen-bond acceptors (Lipinski definition) is 4. The number of sulfonamides is 1. The van der Waals surface area contributed by atoms with E-state index in [4.69, 9.17) is 11.6 Å². The molecule has 7 nitrogen and oxygen atoms in total. The van der Waals surface area contributed by atoms with Crippen molar-refractivity contribution < 1.29 is 22.4 Å². The normalized spacial score (nSPS) is 12.8. The number of aryl methyl sites for hydroxylation is 1. The zero-order valence-corrected chi connectivity index (χ0v) is 24.7. The fourth-order valence-electron chi connectivity index (χ4n) is 4.12. The minimum Gasteiger partial charge on any atom is -0.352 e. The third kappa shape index (κ3) is 7.82. The van der Waals surface area contributed by atoms with Crippen LogP contribution in [0, 0.1) is 12.7 Å². The van der Waals surface area contributed by atoms with Gasteiger partial charge in [-0.05, 0) is 80.8 Å². The SMILES string of the molecule is CC[C@H](C(=O)N[C@@H](C)CC)N(Cc1ccc(Cl)cc1)C(=O)CN(c1ccc(F)cc1)S(=O)(=O)c1ccc(C)cc1. The molecule has 2 amide bonds. The standard InChI is InChI=1S/C30H35ClFN3O4S/c1-5-22(4)33-30(37)28(6-2)34(19-23-9-11-24(31)12-10-23)29(36)20-35(26-15-13-25(32)14-16-26)40(38,39)27-17-7-21(3)8-18-27/h7-18,22,28H,5-6,19-20H2,1-4H3,(H,33,37)/t22-,28+/m0/s1. The summed E-state index contributed by atoms with van der Waals surface area (Å²) in [6.07, 6.45) is 1.02. The molecule has 0 aliphatic heterocycles. The number of anilines is 1. The Labute approximate surface area is 241 Å². The maximum absolute atomic E-state index is 14.0. The highest BCUT2D eigenvalue weighted by Crippen LogP contribution is 2.25. The van der Waals surface area contributed by atoms with E-state index in [0.29, 0.717) is 17.9 Å². The Balaban J connectivity index is 2.04. The topological polar surface area (TPSA) is 86.8 Å². The van der Waals surface area contributed by atoms with Gasteiger partial charge in [-0.25, -0.2) is 12.8 Å². The number of rotatable bonds is 12. The molecule has 2 atom stereocenters. The molecule has 0 radical (unpaired) electrons. The number of halogens is 2. The van der Waals surface area contributed by atoms with Crippen molar-refractivity contribution in [2.75, 3.05) is 10.8 Å². The van der Waals surface area contributed by atoms with E-state index in [1.807, 2.05) is 20.8 Å². The Hall–Kier alpha value is -3.43. The fourth-order valence-corrected chi connectivity index (χ4v) is 5.66. The summed E-state index contributed by atoms with van der Waals surface area (Å²) in [6.45, 7) is 6.91. The number of amides is 2. The molecule has 0 saturated heterocycles. The monoisotopic (exact) mass is 587 g/mol. The molecule has 0 fully saturated rings. The highest BCUT2D eigenvalue weighted by molar-refractivity contribution is 7.92. The average molecular weight is 588 g/mol. The van der Waals surface area contributed by atoms with Crippen LogP contribution in [0.25, 0.3) is 0 Å².